The minimum Gasteiger partial charge on any atom is -0.367 e. The Kier molecular flexibility index (Phi) is 6.59. The van der Waals surface area contributed by atoms with Gasteiger partial charge in [0.2, 0.25) is 0 Å². The zero-order chi connectivity index (χ0) is 16.2. The number of hydrogen-bond acceptors (Lipinski definition) is 3. The summed E-state index contributed by atoms with van der Waals surface area (Å²) in [6.07, 6.45) is 0.150. The maximum absolute atomic E-state index is 6.28. The van der Waals surface area contributed by atoms with Crippen LogP contribution in [0.4, 0.5) is 0 Å². The van der Waals surface area contributed by atoms with Gasteiger partial charge in [-0.15, -0.1) is 0 Å². The van der Waals surface area contributed by atoms with Crippen LogP contribution in [0.5, 0.6) is 0 Å². The standard InChI is InChI=1S/C17H30O3Si/c1-12(2)18-21(19-13(3)4,20-14(5)6)17-11-9-10-15(7)16(17)8/h9-14H,1-8H3. The van der Waals surface area contributed by atoms with E-state index in [9.17, 15) is 0 Å². The summed E-state index contributed by atoms with van der Waals surface area (Å²) in [5, 5.41) is 1.08. The maximum atomic E-state index is 6.28. The molecule has 0 spiro atoms. The van der Waals surface area contributed by atoms with Crippen molar-refractivity contribution < 1.29 is 13.3 Å². The highest BCUT2D eigenvalue weighted by atomic mass is 28.4. The second-order valence-electron chi connectivity index (χ2n) is 6.30. The summed E-state index contributed by atoms with van der Waals surface area (Å²) in [5.74, 6) is 0. The smallest absolute Gasteiger partial charge is 0.367 e. The monoisotopic (exact) mass is 310 g/mol. The highest BCUT2D eigenvalue weighted by Crippen LogP contribution is 2.20. The predicted molar refractivity (Wildman–Crippen MR) is 90.0 cm³/mol. The fourth-order valence-electron chi connectivity index (χ4n) is 2.29. The molecule has 0 amide bonds. The quantitative estimate of drug-likeness (QED) is 0.718. The van der Waals surface area contributed by atoms with Crippen LogP contribution in [0.1, 0.15) is 52.7 Å². The number of benzene rings is 1. The predicted octanol–water partition coefficient (Wildman–Crippen LogP) is 3.72. The first-order chi connectivity index (χ1) is 9.68. The lowest BCUT2D eigenvalue weighted by molar-refractivity contribution is 0.0152. The van der Waals surface area contributed by atoms with Crippen LogP contribution >= 0.6 is 0 Å². The first-order valence-corrected chi connectivity index (χ1v) is 9.50. The molecule has 0 N–H and O–H groups in total. The summed E-state index contributed by atoms with van der Waals surface area (Å²) in [6, 6.07) is 6.25. The van der Waals surface area contributed by atoms with Crippen LogP contribution in [0.2, 0.25) is 0 Å². The van der Waals surface area contributed by atoms with Gasteiger partial charge >= 0.3 is 8.80 Å². The fourth-order valence-corrected chi connectivity index (χ4v) is 5.65. The molecule has 0 bridgehead atoms. The molecule has 1 rings (SSSR count). The fraction of sp³-hybridized carbons (Fsp3) is 0.647. The molecule has 1 aromatic rings. The van der Waals surface area contributed by atoms with Gasteiger partial charge < -0.3 is 13.3 Å². The van der Waals surface area contributed by atoms with Gasteiger partial charge in [-0.05, 0) is 66.5 Å². The molecule has 0 radical (unpaired) electrons. The van der Waals surface area contributed by atoms with E-state index in [1.54, 1.807) is 0 Å². The Morgan fingerprint density at radius 2 is 1.19 bits per heavy atom. The minimum atomic E-state index is -2.94. The van der Waals surface area contributed by atoms with Gasteiger partial charge in [0.15, 0.2) is 0 Å². The minimum absolute atomic E-state index is 0.0501. The van der Waals surface area contributed by atoms with E-state index < -0.39 is 8.80 Å². The van der Waals surface area contributed by atoms with Crippen LogP contribution in [-0.2, 0) is 13.3 Å². The molecule has 0 atom stereocenters. The largest absolute Gasteiger partial charge is 0.538 e. The average molecular weight is 311 g/mol. The highest BCUT2D eigenvalue weighted by Gasteiger charge is 2.47. The van der Waals surface area contributed by atoms with E-state index in [4.69, 9.17) is 13.3 Å². The van der Waals surface area contributed by atoms with Crippen LogP contribution in [-0.4, -0.2) is 27.1 Å². The van der Waals surface area contributed by atoms with Crippen molar-refractivity contribution in [1.82, 2.24) is 0 Å². The van der Waals surface area contributed by atoms with Gasteiger partial charge in [0.1, 0.15) is 0 Å². The van der Waals surface area contributed by atoms with E-state index in [0.29, 0.717) is 0 Å². The average Bonchev–Trinajstić information content (AvgIpc) is 2.29. The van der Waals surface area contributed by atoms with Crippen LogP contribution in [0, 0.1) is 13.8 Å². The van der Waals surface area contributed by atoms with Crippen molar-refractivity contribution in [2.45, 2.75) is 73.7 Å². The summed E-state index contributed by atoms with van der Waals surface area (Å²) < 4.78 is 18.8. The third kappa shape index (κ3) is 4.92. The topological polar surface area (TPSA) is 27.7 Å². The maximum Gasteiger partial charge on any atom is 0.538 e. The van der Waals surface area contributed by atoms with Gasteiger partial charge in [-0.3, -0.25) is 0 Å². The molecule has 120 valence electrons. The Balaban J connectivity index is 3.41. The Bertz CT molecular complexity index is 429. The molecule has 0 aliphatic carbocycles. The third-order valence-corrected chi connectivity index (χ3v) is 6.65. The normalized spacial score (nSPS) is 12.7. The molecule has 0 heterocycles. The zero-order valence-corrected chi connectivity index (χ0v) is 15.7. The van der Waals surface area contributed by atoms with Crippen LogP contribution in [0.3, 0.4) is 0 Å². The molecule has 4 heteroatoms. The van der Waals surface area contributed by atoms with Gasteiger partial charge in [-0.1, -0.05) is 18.2 Å². The van der Waals surface area contributed by atoms with Gasteiger partial charge in [-0.25, -0.2) is 0 Å². The highest BCUT2D eigenvalue weighted by molar-refractivity contribution is 6.76. The lowest BCUT2D eigenvalue weighted by Crippen LogP contribution is -2.61. The summed E-state index contributed by atoms with van der Waals surface area (Å²) in [4.78, 5) is 0. The van der Waals surface area contributed by atoms with Crippen molar-refractivity contribution in [2.24, 2.45) is 0 Å². The Labute approximate surface area is 131 Å². The van der Waals surface area contributed by atoms with E-state index in [1.807, 2.05) is 41.5 Å². The second-order valence-corrected chi connectivity index (χ2v) is 8.66. The Morgan fingerprint density at radius 1 is 0.762 bits per heavy atom. The molecule has 0 aromatic heterocycles. The molecule has 1 aromatic carbocycles. The molecular formula is C17H30O3Si. The lowest BCUT2D eigenvalue weighted by atomic mass is 10.1. The summed E-state index contributed by atoms with van der Waals surface area (Å²) in [6.45, 7) is 16.4. The SMILES string of the molecule is Cc1cccc([Si](OC(C)C)(OC(C)C)OC(C)C)c1C. The molecule has 21 heavy (non-hydrogen) atoms. The molecule has 0 aliphatic rings. The van der Waals surface area contributed by atoms with Gasteiger partial charge in [0, 0.05) is 23.5 Å². The van der Waals surface area contributed by atoms with Gasteiger partial charge in [0.25, 0.3) is 0 Å². The molecule has 0 aliphatic heterocycles. The van der Waals surface area contributed by atoms with E-state index >= 15 is 0 Å². The lowest BCUT2D eigenvalue weighted by Gasteiger charge is -2.35. The van der Waals surface area contributed by atoms with Gasteiger partial charge in [-0.2, -0.15) is 0 Å². The van der Waals surface area contributed by atoms with Crippen molar-refractivity contribution in [3.8, 4) is 0 Å². The molecular weight excluding hydrogens is 280 g/mol. The first-order valence-electron chi connectivity index (χ1n) is 7.78. The second kappa shape index (κ2) is 7.54. The van der Waals surface area contributed by atoms with Crippen LogP contribution < -0.4 is 5.19 Å². The first kappa shape index (κ1) is 18.4. The number of rotatable bonds is 7. The Morgan fingerprint density at radius 3 is 1.57 bits per heavy atom. The van der Waals surface area contributed by atoms with Crippen molar-refractivity contribution >= 4 is 14.0 Å². The summed E-state index contributed by atoms with van der Waals surface area (Å²) in [7, 11) is -2.94. The van der Waals surface area contributed by atoms with E-state index in [2.05, 4.69) is 32.0 Å². The van der Waals surface area contributed by atoms with E-state index in [1.165, 1.54) is 11.1 Å². The molecule has 3 nitrogen and oxygen atoms in total. The van der Waals surface area contributed by atoms with Crippen molar-refractivity contribution in [1.29, 1.82) is 0 Å². The summed E-state index contributed by atoms with van der Waals surface area (Å²) >= 11 is 0. The van der Waals surface area contributed by atoms with Crippen LogP contribution in [0.15, 0.2) is 18.2 Å². The molecule has 0 saturated carbocycles. The molecule has 0 fully saturated rings. The van der Waals surface area contributed by atoms with Crippen molar-refractivity contribution in [2.75, 3.05) is 0 Å². The van der Waals surface area contributed by atoms with Gasteiger partial charge in [0.05, 0.1) is 0 Å². The zero-order valence-electron chi connectivity index (χ0n) is 14.7. The van der Waals surface area contributed by atoms with Crippen LogP contribution in [0.25, 0.3) is 0 Å². The number of hydrogen-bond donors (Lipinski definition) is 0. The van der Waals surface area contributed by atoms with Crippen molar-refractivity contribution in [3.63, 3.8) is 0 Å². The number of aryl methyl sites for hydroxylation is 1. The van der Waals surface area contributed by atoms with E-state index in [0.717, 1.165) is 5.19 Å². The van der Waals surface area contributed by atoms with E-state index in [-0.39, 0.29) is 18.3 Å². The van der Waals surface area contributed by atoms with Crippen molar-refractivity contribution in [3.05, 3.63) is 29.3 Å². The Hall–Kier alpha value is -0.683. The summed E-state index contributed by atoms with van der Waals surface area (Å²) in [5.41, 5.74) is 2.43. The third-order valence-electron chi connectivity index (χ3n) is 3.11. The molecule has 0 saturated heterocycles. The molecule has 0 unspecified atom stereocenters.